The Kier molecular flexibility index (Phi) is 3.64. The summed E-state index contributed by atoms with van der Waals surface area (Å²) in [6.45, 7) is 1.17. The molecular formula is C11H12ClNO3. The zero-order valence-electron chi connectivity index (χ0n) is 8.69. The molecule has 4 nitrogen and oxygen atoms in total. The molecule has 1 aliphatic rings. The smallest absolute Gasteiger partial charge is 0.283 e. The number of hydrogen-bond acceptors (Lipinski definition) is 3. The highest BCUT2D eigenvalue weighted by Crippen LogP contribution is 2.23. The van der Waals surface area contributed by atoms with Gasteiger partial charge in [0.2, 0.25) is 0 Å². The highest BCUT2D eigenvalue weighted by Gasteiger charge is 2.19. The highest BCUT2D eigenvalue weighted by atomic mass is 35.5. The normalized spacial score (nSPS) is 15.2. The molecule has 0 N–H and O–H groups in total. The quantitative estimate of drug-likeness (QED) is 0.811. The van der Waals surface area contributed by atoms with Gasteiger partial charge in [-0.2, -0.15) is 0 Å². The molecule has 1 aromatic rings. The van der Waals surface area contributed by atoms with Crippen LogP contribution in [0.4, 0.5) is 0 Å². The number of carbonyl (C=O) groups is 1. The monoisotopic (exact) mass is 241 g/mol. The fraction of sp³-hybridized carbons (Fsp3) is 0.364. The van der Waals surface area contributed by atoms with Gasteiger partial charge in [-0.25, -0.2) is 5.06 Å². The van der Waals surface area contributed by atoms with E-state index in [1.165, 1.54) is 5.06 Å². The van der Waals surface area contributed by atoms with Gasteiger partial charge >= 0.3 is 0 Å². The van der Waals surface area contributed by atoms with Crippen LogP contribution in [0.25, 0.3) is 0 Å². The minimum absolute atomic E-state index is 0.0519. The lowest BCUT2D eigenvalue weighted by atomic mass is 10.3. The van der Waals surface area contributed by atoms with E-state index in [-0.39, 0.29) is 12.5 Å². The summed E-state index contributed by atoms with van der Waals surface area (Å²) < 4.78 is 5.31. The number of halogens is 1. The van der Waals surface area contributed by atoms with Gasteiger partial charge < -0.3 is 4.74 Å². The summed E-state index contributed by atoms with van der Waals surface area (Å²) in [5, 5.41) is 1.83. The average Bonchev–Trinajstić information content (AvgIpc) is 2.81. The Morgan fingerprint density at radius 2 is 2.31 bits per heavy atom. The average molecular weight is 242 g/mol. The van der Waals surface area contributed by atoms with Crippen LogP contribution in [0.1, 0.15) is 6.42 Å². The number of rotatable bonds is 3. The molecule has 0 unspecified atom stereocenters. The number of nitrogens with zero attached hydrogens (tertiary/aromatic N) is 1. The summed E-state index contributed by atoms with van der Waals surface area (Å²) in [7, 11) is 0. The van der Waals surface area contributed by atoms with E-state index in [1.807, 2.05) is 0 Å². The van der Waals surface area contributed by atoms with Gasteiger partial charge in [-0.3, -0.25) is 9.63 Å². The fourth-order valence-corrected chi connectivity index (χ4v) is 1.61. The van der Waals surface area contributed by atoms with E-state index in [1.54, 1.807) is 24.3 Å². The van der Waals surface area contributed by atoms with Gasteiger partial charge in [0, 0.05) is 0 Å². The Labute approximate surface area is 98.7 Å². The van der Waals surface area contributed by atoms with E-state index in [4.69, 9.17) is 21.2 Å². The predicted octanol–water partition coefficient (Wildman–Crippen LogP) is 1.88. The second kappa shape index (κ2) is 5.18. The maximum atomic E-state index is 11.6. The number of carbonyl (C=O) groups excluding carboxylic acids is 1. The molecule has 1 aromatic carbocycles. The third-order valence-corrected chi connectivity index (χ3v) is 2.53. The van der Waals surface area contributed by atoms with Crippen LogP contribution in [0.3, 0.4) is 0 Å². The molecule has 0 radical (unpaired) electrons. The minimum Gasteiger partial charge on any atom is -0.482 e. The standard InChI is InChI=1S/C11H12ClNO3/c12-9-4-1-2-5-10(9)15-8-11(14)13-6-3-7-16-13/h1-2,4-5H,3,6-8H2. The van der Waals surface area contributed by atoms with Crippen molar-refractivity contribution in [3.05, 3.63) is 29.3 Å². The van der Waals surface area contributed by atoms with Crippen molar-refractivity contribution in [3.8, 4) is 5.75 Å². The van der Waals surface area contributed by atoms with Crippen molar-refractivity contribution in [1.82, 2.24) is 5.06 Å². The molecule has 1 saturated heterocycles. The lowest BCUT2D eigenvalue weighted by Gasteiger charge is -2.14. The fourth-order valence-electron chi connectivity index (χ4n) is 1.42. The largest absolute Gasteiger partial charge is 0.482 e. The third-order valence-electron chi connectivity index (χ3n) is 2.22. The van der Waals surface area contributed by atoms with Crippen molar-refractivity contribution in [2.45, 2.75) is 6.42 Å². The Morgan fingerprint density at radius 3 is 3.00 bits per heavy atom. The SMILES string of the molecule is O=C(COc1ccccc1Cl)N1CCCO1. The first kappa shape index (κ1) is 11.2. The zero-order valence-corrected chi connectivity index (χ0v) is 9.44. The van der Waals surface area contributed by atoms with E-state index in [0.717, 1.165) is 6.42 Å². The molecule has 0 bridgehead atoms. The van der Waals surface area contributed by atoms with Crippen molar-refractivity contribution in [2.24, 2.45) is 0 Å². The number of ether oxygens (including phenoxy) is 1. The van der Waals surface area contributed by atoms with Crippen LogP contribution < -0.4 is 4.74 Å². The maximum Gasteiger partial charge on any atom is 0.283 e. The molecule has 1 aliphatic heterocycles. The van der Waals surface area contributed by atoms with Crippen molar-refractivity contribution >= 4 is 17.5 Å². The van der Waals surface area contributed by atoms with Crippen LogP contribution in [-0.2, 0) is 9.63 Å². The van der Waals surface area contributed by atoms with Crippen LogP contribution in [0.5, 0.6) is 5.75 Å². The first-order valence-electron chi connectivity index (χ1n) is 5.08. The van der Waals surface area contributed by atoms with Gasteiger partial charge in [0.15, 0.2) is 6.61 Å². The molecule has 2 rings (SSSR count). The van der Waals surface area contributed by atoms with E-state index < -0.39 is 0 Å². The Bertz CT molecular complexity index is 377. The molecule has 0 aromatic heterocycles. The van der Waals surface area contributed by atoms with Gasteiger partial charge in [0.05, 0.1) is 18.2 Å². The topological polar surface area (TPSA) is 38.8 Å². The van der Waals surface area contributed by atoms with Crippen LogP contribution in [0.2, 0.25) is 5.02 Å². The summed E-state index contributed by atoms with van der Waals surface area (Å²) in [6.07, 6.45) is 0.873. The summed E-state index contributed by atoms with van der Waals surface area (Å²) in [5.74, 6) is 0.328. The highest BCUT2D eigenvalue weighted by molar-refractivity contribution is 6.32. The second-order valence-electron chi connectivity index (χ2n) is 3.40. The Morgan fingerprint density at radius 1 is 1.50 bits per heavy atom. The van der Waals surface area contributed by atoms with Crippen molar-refractivity contribution in [3.63, 3.8) is 0 Å². The summed E-state index contributed by atoms with van der Waals surface area (Å²) >= 11 is 5.89. The minimum atomic E-state index is -0.183. The van der Waals surface area contributed by atoms with Crippen molar-refractivity contribution in [2.75, 3.05) is 19.8 Å². The Hall–Kier alpha value is -1.26. The van der Waals surface area contributed by atoms with E-state index in [2.05, 4.69) is 0 Å². The number of amides is 1. The summed E-state index contributed by atoms with van der Waals surface area (Å²) in [5.41, 5.74) is 0. The number of benzene rings is 1. The van der Waals surface area contributed by atoms with E-state index in [0.29, 0.717) is 23.9 Å². The molecule has 16 heavy (non-hydrogen) atoms. The van der Waals surface area contributed by atoms with Gasteiger partial charge in [0.1, 0.15) is 5.75 Å². The zero-order chi connectivity index (χ0) is 11.4. The lowest BCUT2D eigenvalue weighted by Crippen LogP contribution is -2.31. The van der Waals surface area contributed by atoms with Crippen LogP contribution in [-0.4, -0.2) is 30.7 Å². The maximum absolute atomic E-state index is 11.6. The van der Waals surface area contributed by atoms with E-state index in [9.17, 15) is 4.79 Å². The van der Waals surface area contributed by atoms with Crippen molar-refractivity contribution in [1.29, 1.82) is 0 Å². The van der Waals surface area contributed by atoms with Gasteiger partial charge in [0.25, 0.3) is 5.91 Å². The van der Waals surface area contributed by atoms with Crippen LogP contribution in [0.15, 0.2) is 24.3 Å². The Balaban J connectivity index is 1.87. The molecule has 1 amide bonds. The lowest BCUT2D eigenvalue weighted by molar-refractivity contribution is -0.170. The third kappa shape index (κ3) is 2.65. The first-order valence-corrected chi connectivity index (χ1v) is 5.46. The van der Waals surface area contributed by atoms with Gasteiger partial charge in [-0.1, -0.05) is 23.7 Å². The predicted molar refractivity (Wildman–Crippen MR) is 59.2 cm³/mol. The molecule has 0 atom stereocenters. The van der Waals surface area contributed by atoms with Gasteiger partial charge in [-0.15, -0.1) is 0 Å². The first-order chi connectivity index (χ1) is 7.77. The van der Waals surface area contributed by atoms with Crippen LogP contribution >= 0.6 is 11.6 Å². The number of hydroxylamine groups is 2. The van der Waals surface area contributed by atoms with Crippen molar-refractivity contribution < 1.29 is 14.4 Å². The van der Waals surface area contributed by atoms with E-state index >= 15 is 0 Å². The van der Waals surface area contributed by atoms with Crippen LogP contribution in [0, 0.1) is 0 Å². The summed E-state index contributed by atoms with van der Waals surface area (Å²) in [6, 6.07) is 7.05. The molecule has 5 heteroatoms. The second-order valence-corrected chi connectivity index (χ2v) is 3.81. The number of hydrogen-bond donors (Lipinski definition) is 0. The molecule has 1 heterocycles. The summed E-state index contributed by atoms with van der Waals surface area (Å²) in [4.78, 5) is 16.7. The molecule has 0 saturated carbocycles. The van der Waals surface area contributed by atoms with Gasteiger partial charge in [-0.05, 0) is 18.6 Å². The molecule has 0 spiro atoms. The molecule has 0 aliphatic carbocycles. The molecule has 86 valence electrons. The number of para-hydroxylation sites is 1. The molecular weight excluding hydrogens is 230 g/mol. The molecule has 1 fully saturated rings.